The third-order valence-electron chi connectivity index (χ3n) is 7.57. The number of hydrogen-bond donors (Lipinski definition) is 2. The van der Waals surface area contributed by atoms with Gasteiger partial charge in [-0.2, -0.15) is 0 Å². The average Bonchev–Trinajstić information content (AvgIpc) is 3.17. The van der Waals surface area contributed by atoms with Gasteiger partial charge in [0.2, 0.25) is 0 Å². The predicted octanol–water partition coefficient (Wildman–Crippen LogP) is 6.39. The number of hydrogen-bond acceptors (Lipinski definition) is 5. The Kier molecular flexibility index (Phi) is 8.57. The highest BCUT2D eigenvalue weighted by Gasteiger charge is 2.59. The third kappa shape index (κ3) is 5.78. The summed E-state index contributed by atoms with van der Waals surface area (Å²) >= 11 is 12.2. The molecule has 0 bridgehead atoms. The Morgan fingerprint density at radius 1 is 1.08 bits per heavy atom. The molecule has 4 atom stereocenters. The van der Waals surface area contributed by atoms with Crippen molar-refractivity contribution in [1.29, 1.82) is 0 Å². The molecule has 1 saturated heterocycles. The lowest BCUT2D eigenvalue weighted by Crippen LogP contribution is -2.52. The first-order valence-corrected chi connectivity index (χ1v) is 13.3. The quantitative estimate of drug-likeness (QED) is 0.304. The number of carbonyl (C=O) groups is 1. The maximum atomic E-state index is 15.6. The maximum absolute atomic E-state index is 15.6. The van der Waals surface area contributed by atoms with Crippen LogP contribution in [0.3, 0.4) is 0 Å². The Labute approximate surface area is 237 Å². The highest BCUT2D eigenvalue weighted by molar-refractivity contribution is 6.31. The van der Waals surface area contributed by atoms with Crippen molar-refractivity contribution in [1.82, 2.24) is 5.32 Å². The van der Waals surface area contributed by atoms with Crippen LogP contribution in [0.1, 0.15) is 42.9 Å². The average molecular weight is 577 g/mol. The van der Waals surface area contributed by atoms with Crippen molar-refractivity contribution in [3.05, 3.63) is 99.0 Å². The summed E-state index contributed by atoms with van der Waals surface area (Å²) in [4.78, 5) is 13.1. The van der Waals surface area contributed by atoms with E-state index in [-0.39, 0.29) is 26.6 Å². The topological polar surface area (TPSA) is 73.6 Å². The van der Waals surface area contributed by atoms with Gasteiger partial charge < -0.3 is 15.2 Å². The van der Waals surface area contributed by atoms with Gasteiger partial charge in [0.15, 0.2) is 0 Å². The summed E-state index contributed by atoms with van der Waals surface area (Å²) in [5, 5.41) is 3.36. The van der Waals surface area contributed by atoms with Crippen LogP contribution in [0.5, 0.6) is 5.75 Å². The Bertz CT molecular complexity index is 1350. The number of ether oxygens (including phenoxy) is 2. The van der Waals surface area contributed by atoms with Gasteiger partial charge in [-0.15, -0.1) is 0 Å². The minimum atomic E-state index is -1.57. The van der Waals surface area contributed by atoms with E-state index >= 15 is 8.78 Å². The maximum Gasteiger partial charge on any atom is 0.323 e. The molecule has 9 heteroatoms. The van der Waals surface area contributed by atoms with Crippen molar-refractivity contribution in [2.45, 2.75) is 50.2 Å². The molecule has 0 aromatic heterocycles. The molecule has 5 nitrogen and oxygen atoms in total. The first-order valence-electron chi connectivity index (χ1n) is 12.6. The highest BCUT2D eigenvalue weighted by Crippen LogP contribution is 2.50. The van der Waals surface area contributed by atoms with E-state index in [1.165, 1.54) is 37.4 Å². The molecule has 1 aliphatic heterocycles. The van der Waals surface area contributed by atoms with Crippen LogP contribution >= 0.6 is 23.2 Å². The Hall–Kier alpha value is -2.71. The summed E-state index contributed by atoms with van der Waals surface area (Å²) in [6.45, 7) is 4.13. The van der Waals surface area contributed by atoms with Crippen molar-refractivity contribution in [2.75, 3.05) is 14.2 Å². The lowest BCUT2D eigenvalue weighted by atomic mass is 9.67. The molecular formula is C30H32Cl2F2N2O3. The van der Waals surface area contributed by atoms with Gasteiger partial charge in [0.05, 0.1) is 24.8 Å². The highest BCUT2D eigenvalue weighted by atomic mass is 35.5. The Morgan fingerprint density at radius 2 is 1.77 bits per heavy atom. The SMILES string of the molecule is COC(=O)C1NC(CC(C)(C)Cc2ccc(OC)cc2)C(N)(c2ccc(Cl)cc2F)C1c1cccc(Cl)c1F. The lowest BCUT2D eigenvalue weighted by molar-refractivity contribution is -0.143. The van der Waals surface area contributed by atoms with Gasteiger partial charge in [-0.3, -0.25) is 10.1 Å². The molecule has 1 heterocycles. The van der Waals surface area contributed by atoms with E-state index in [4.69, 9.17) is 38.4 Å². The minimum absolute atomic E-state index is 0.0951. The van der Waals surface area contributed by atoms with Crippen LogP contribution in [0, 0.1) is 17.0 Å². The first kappa shape index (κ1) is 29.3. The molecule has 0 amide bonds. The number of rotatable bonds is 8. The van der Waals surface area contributed by atoms with Gasteiger partial charge in [-0.25, -0.2) is 8.78 Å². The molecule has 3 aromatic carbocycles. The van der Waals surface area contributed by atoms with Crippen LogP contribution in [-0.2, 0) is 21.5 Å². The zero-order valence-electron chi connectivity index (χ0n) is 22.2. The molecule has 0 aliphatic carbocycles. The second-order valence-electron chi connectivity index (χ2n) is 10.8. The summed E-state index contributed by atoms with van der Waals surface area (Å²) < 4.78 is 41.5. The standard InChI is InChI=1S/C30H32Cl2F2N2O3/c1-29(2,15-17-8-11-19(38-3)12-9-17)16-24-30(35,21-13-10-18(31)14-23(21)33)25(27(36-24)28(37)39-4)20-6-5-7-22(32)26(20)34/h5-14,24-25,27,36H,15-16,35H2,1-4H3. The summed E-state index contributed by atoms with van der Waals surface area (Å²) in [5.74, 6) is -2.30. The largest absolute Gasteiger partial charge is 0.497 e. The second kappa shape index (κ2) is 11.4. The number of halogens is 4. The molecule has 0 radical (unpaired) electrons. The van der Waals surface area contributed by atoms with E-state index in [1.807, 2.05) is 24.3 Å². The summed E-state index contributed by atoms with van der Waals surface area (Å²) in [5.41, 5.74) is 6.54. The van der Waals surface area contributed by atoms with Crippen molar-refractivity contribution < 1.29 is 23.0 Å². The molecule has 3 N–H and O–H groups in total. The van der Waals surface area contributed by atoms with Crippen molar-refractivity contribution in [2.24, 2.45) is 11.1 Å². The van der Waals surface area contributed by atoms with Crippen LogP contribution in [-0.4, -0.2) is 32.3 Å². The third-order valence-corrected chi connectivity index (χ3v) is 8.10. The van der Waals surface area contributed by atoms with E-state index in [0.717, 1.165) is 11.3 Å². The molecule has 0 spiro atoms. The number of esters is 1. The summed E-state index contributed by atoms with van der Waals surface area (Å²) in [6, 6.07) is 14.7. The van der Waals surface area contributed by atoms with Gasteiger partial charge in [0.1, 0.15) is 23.4 Å². The summed E-state index contributed by atoms with van der Waals surface area (Å²) in [7, 11) is 2.86. The van der Waals surface area contributed by atoms with Crippen molar-refractivity contribution in [3.8, 4) is 5.75 Å². The smallest absolute Gasteiger partial charge is 0.323 e. The zero-order chi connectivity index (χ0) is 28.5. The van der Waals surface area contributed by atoms with Gasteiger partial charge in [-0.1, -0.05) is 67.4 Å². The molecular weight excluding hydrogens is 545 g/mol. The molecule has 39 heavy (non-hydrogen) atoms. The van der Waals surface area contributed by atoms with Crippen LogP contribution in [0.15, 0.2) is 60.7 Å². The molecule has 4 rings (SSSR count). The van der Waals surface area contributed by atoms with E-state index in [1.54, 1.807) is 13.2 Å². The predicted molar refractivity (Wildman–Crippen MR) is 149 cm³/mol. The molecule has 208 valence electrons. The van der Waals surface area contributed by atoms with Gasteiger partial charge in [0.25, 0.3) is 0 Å². The molecule has 4 unspecified atom stereocenters. The van der Waals surface area contributed by atoms with Gasteiger partial charge in [0, 0.05) is 22.5 Å². The second-order valence-corrected chi connectivity index (χ2v) is 11.6. The molecule has 3 aromatic rings. The van der Waals surface area contributed by atoms with E-state index < -0.39 is 41.1 Å². The van der Waals surface area contributed by atoms with Crippen LogP contribution < -0.4 is 15.8 Å². The zero-order valence-corrected chi connectivity index (χ0v) is 23.7. The lowest BCUT2D eigenvalue weighted by Gasteiger charge is -2.40. The van der Waals surface area contributed by atoms with E-state index in [9.17, 15) is 4.79 Å². The van der Waals surface area contributed by atoms with Crippen molar-refractivity contribution in [3.63, 3.8) is 0 Å². The Morgan fingerprint density at radius 3 is 2.38 bits per heavy atom. The number of nitrogens with two attached hydrogens (primary N) is 1. The summed E-state index contributed by atoms with van der Waals surface area (Å²) in [6.07, 6.45) is 1.08. The van der Waals surface area contributed by atoms with Crippen LogP contribution in [0.25, 0.3) is 0 Å². The first-order chi connectivity index (χ1) is 18.4. The van der Waals surface area contributed by atoms with E-state index in [0.29, 0.717) is 12.8 Å². The fourth-order valence-electron chi connectivity index (χ4n) is 5.82. The van der Waals surface area contributed by atoms with Gasteiger partial charge >= 0.3 is 5.97 Å². The fraction of sp³-hybridized carbons (Fsp3) is 0.367. The normalized spacial score (nSPS) is 23.1. The van der Waals surface area contributed by atoms with E-state index in [2.05, 4.69) is 19.2 Å². The number of benzene rings is 3. The Balaban J connectivity index is 1.84. The monoisotopic (exact) mass is 576 g/mol. The fourth-order valence-corrected chi connectivity index (χ4v) is 6.16. The van der Waals surface area contributed by atoms with Gasteiger partial charge in [-0.05, 0) is 59.7 Å². The van der Waals surface area contributed by atoms with Crippen molar-refractivity contribution >= 4 is 29.2 Å². The number of methoxy groups -OCH3 is 2. The molecule has 1 aliphatic rings. The minimum Gasteiger partial charge on any atom is -0.497 e. The number of carbonyl (C=O) groups excluding carboxylic acids is 1. The molecule has 0 saturated carbocycles. The molecule has 1 fully saturated rings. The van der Waals surface area contributed by atoms with Crippen LogP contribution in [0.2, 0.25) is 10.0 Å². The van der Waals surface area contributed by atoms with Crippen LogP contribution in [0.4, 0.5) is 8.78 Å². The number of nitrogens with one attached hydrogen (secondary N) is 1.